The third-order valence-electron chi connectivity index (χ3n) is 16.5. The number of hydrogen-bond donors (Lipinski definition) is 1. The molecule has 4 nitrogen and oxygen atoms in total. The molecule has 3 saturated carbocycles. The van der Waals surface area contributed by atoms with Crippen molar-refractivity contribution in [1.82, 2.24) is 5.32 Å². The standard InChI is InChI=1S/C48H68FNO3/c1-31(2)39-36(51)29-48(50-41(52)53-42(3,4)5)27-26-45(9)35(40(39)48)16-17-38-44(8)22-20-34(43(6,7)37(44)21-23-46(38,45)10)33-18-24-47(30-49,25-19-33)28-32-14-12-11-13-15-32/h11-15,18,20,31,35,37-38H,16-17,19,21-30H2,1-10H3,(H,50,52)/t35-,37+,38-,44+,45-,46-,47-,48-/m1/s1. The smallest absolute Gasteiger partial charge is 0.408 e. The molecule has 0 heterocycles. The predicted molar refractivity (Wildman–Crippen MR) is 213 cm³/mol. The van der Waals surface area contributed by atoms with E-state index in [1.165, 1.54) is 35.1 Å². The van der Waals surface area contributed by atoms with Crippen LogP contribution in [0.3, 0.4) is 0 Å². The zero-order chi connectivity index (χ0) is 38.4. The van der Waals surface area contributed by atoms with E-state index in [0.717, 1.165) is 63.4 Å². The lowest BCUT2D eigenvalue weighted by Crippen LogP contribution is -2.66. The minimum Gasteiger partial charge on any atom is -0.444 e. The van der Waals surface area contributed by atoms with Gasteiger partial charge in [-0.2, -0.15) is 0 Å². The van der Waals surface area contributed by atoms with Gasteiger partial charge in [0.05, 0.1) is 12.2 Å². The maximum Gasteiger partial charge on any atom is 0.408 e. The lowest BCUT2D eigenvalue weighted by atomic mass is 9.33. The van der Waals surface area contributed by atoms with Crippen LogP contribution >= 0.6 is 0 Å². The molecular formula is C48H68FNO3. The highest BCUT2D eigenvalue weighted by Crippen LogP contribution is 2.76. The molecule has 8 atom stereocenters. The van der Waals surface area contributed by atoms with Crippen molar-refractivity contribution in [3.8, 4) is 0 Å². The number of ketones is 1. The number of rotatable bonds is 6. The Hall–Kier alpha value is -2.69. The Morgan fingerprint density at radius 1 is 0.906 bits per heavy atom. The van der Waals surface area contributed by atoms with Gasteiger partial charge in [-0.1, -0.05) is 91.0 Å². The van der Waals surface area contributed by atoms with E-state index in [4.69, 9.17) is 4.74 Å². The molecule has 0 radical (unpaired) electrons. The van der Waals surface area contributed by atoms with Gasteiger partial charge >= 0.3 is 6.09 Å². The number of alkyl halides is 1. The Morgan fingerprint density at radius 3 is 2.25 bits per heavy atom. The van der Waals surface area contributed by atoms with Crippen molar-refractivity contribution in [3.63, 3.8) is 0 Å². The van der Waals surface area contributed by atoms with Gasteiger partial charge in [-0.05, 0) is 165 Å². The van der Waals surface area contributed by atoms with Gasteiger partial charge in [-0.3, -0.25) is 9.18 Å². The molecule has 290 valence electrons. The first-order valence-corrected chi connectivity index (χ1v) is 21.0. The number of carbonyl (C=O) groups excluding carboxylic acids is 2. The monoisotopic (exact) mass is 726 g/mol. The molecule has 0 aliphatic heterocycles. The van der Waals surface area contributed by atoms with Crippen LogP contribution in [0, 0.1) is 50.7 Å². The molecule has 7 rings (SSSR count). The minimum absolute atomic E-state index is 0.0254. The molecule has 0 aromatic heterocycles. The number of nitrogens with one attached hydrogen (secondary N) is 1. The van der Waals surface area contributed by atoms with E-state index in [1.54, 1.807) is 0 Å². The van der Waals surface area contributed by atoms with Crippen molar-refractivity contribution >= 4 is 11.9 Å². The van der Waals surface area contributed by atoms with Crippen LogP contribution in [0.1, 0.15) is 145 Å². The van der Waals surface area contributed by atoms with Crippen molar-refractivity contribution in [2.24, 2.45) is 50.7 Å². The summed E-state index contributed by atoms with van der Waals surface area (Å²) in [5, 5.41) is 3.35. The van der Waals surface area contributed by atoms with E-state index in [1.807, 2.05) is 26.8 Å². The molecule has 5 heteroatoms. The summed E-state index contributed by atoms with van der Waals surface area (Å²) < 4.78 is 20.6. The summed E-state index contributed by atoms with van der Waals surface area (Å²) >= 11 is 0. The molecule has 0 spiro atoms. The van der Waals surface area contributed by atoms with E-state index in [2.05, 4.69) is 90.2 Å². The molecule has 6 aliphatic rings. The SMILES string of the molecule is CC(C)C1=C2[C@H]3CC[C@@H]4[C@@]5(C)CC=C(C6=CC[C@](CF)(Cc7ccccc7)CC6)C(C)(C)[C@@H]5CC[C@@]4(C)[C@]3(C)CC[C@@]2(NC(=O)OC(C)(C)C)CC1=O. The lowest BCUT2D eigenvalue weighted by Gasteiger charge is -2.71. The first kappa shape index (κ1) is 38.6. The Balaban J connectivity index is 1.18. The topological polar surface area (TPSA) is 55.4 Å². The maximum absolute atomic E-state index is 14.8. The van der Waals surface area contributed by atoms with Gasteiger partial charge in [0.15, 0.2) is 5.78 Å². The van der Waals surface area contributed by atoms with Gasteiger partial charge in [-0.25, -0.2) is 4.79 Å². The van der Waals surface area contributed by atoms with Gasteiger partial charge in [-0.15, -0.1) is 0 Å². The summed E-state index contributed by atoms with van der Waals surface area (Å²) in [6.45, 7) is 22.6. The molecule has 0 saturated heterocycles. The van der Waals surface area contributed by atoms with Crippen LogP contribution in [-0.2, 0) is 16.0 Å². The molecule has 3 fully saturated rings. The fraction of sp³-hybridized carbons (Fsp3) is 0.708. The minimum atomic E-state index is -0.646. The lowest BCUT2D eigenvalue weighted by molar-refractivity contribution is -0.196. The van der Waals surface area contributed by atoms with Crippen LogP contribution in [-0.4, -0.2) is 29.7 Å². The first-order valence-electron chi connectivity index (χ1n) is 21.0. The number of hydrogen-bond acceptors (Lipinski definition) is 3. The van der Waals surface area contributed by atoms with Crippen molar-refractivity contribution in [2.75, 3.05) is 6.67 Å². The molecule has 1 N–H and O–H groups in total. The zero-order valence-corrected chi connectivity index (χ0v) is 34.6. The maximum atomic E-state index is 14.8. The van der Waals surface area contributed by atoms with Crippen molar-refractivity contribution in [1.29, 1.82) is 0 Å². The number of halogens is 1. The summed E-state index contributed by atoms with van der Waals surface area (Å²) in [7, 11) is 0. The molecule has 0 bridgehead atoms. The highest BCUT2D eigenvalue weighted by Gasteiger charge is 2.69. The summed E-state index contributed by atoms with van der Waals surface area (Å²) in [4.78, 5) is 27.3. The van der Waals surface area contributed by atoms with Crippen LogP contribution in [0.25, 0.3) is 0 Å². The van der Waals surface area contributed by atoms with E-state index in [9.17, 15) is 14.0 Å². The quantitative estimate of drug-likeness (QED) is 0.318. The number of carbonyl (C=O) groups is 2. The molecule has 6 aliphatic carbocycles. The van der Waals surface area contributed by atoms with Gasteiger partial charge in [0.1, 0.15) is 5.60 Å². The fourth-order valence-electron chi connectivity index (χ4n) is 14.0. The number of alkyl carbamates (subject to hydrolysis) is 1. The van der Waals surface area contributed by atoms with Crippen LogP contribution < -0.4 is 5.32 Å². The third kappa shape index (κ3) is 6.03. The normalized spacial score (nSPS) is 39.3. The Labute approximate surface area is 320 Å². The van der Waals surface area contributed by atoms with Crippen LogP contribution in [0.2, 0.25) is 0 Å². The number of fused-ring (bicyclic) bond motifs is 7. The Morgan fingerprint density at radius 2 is 1.62 bits per heavy atom. The molecular weight excluding hydrogens is 658 g/mol. The average molecular weight is 726 g/mol. The number of benzene rings is 1. The van der Waals surface area contributed by atoms with Crippen molar-refractivity contribution in [3.05, 3.63) is 70.3 Å². The van der Waals surface area contributed by atoms with Crippen LogP contribution in [0.15, 0.2) is 64.8 Å². The number of amides is 1. The Bertz CT molecular complexity index is 1730. The predicted octanol–water partition coefficient (Wildman–Crippen LogP) is 12.1. The Kier molecular flexibility index (Phi) is 9.42. The van der Waals surface area contributed by atoms with Crippen LogP contribution in [0.4, 0.5) is 9.18 Å². The largest absolute Gasteiger partial charge is 0.444 e. The summed E-state index contributed by atoms with van der Waals surface area (Å²) in [5.41, 5.74) is 5.27. The second kappa shape index (κ2) is 12.9. The highest BCUT2D eigenvalue weighted by atomic mass is 19.1. The van der Waals surface area contributed by atoms with E-state index in [-0.39, 0.29) is 51.4 Å². The number of Topliss-reactive ketones (excluding diaryl/α,β-unsaturated/α-hetero) is 1. The van der Waals surface area contributed by atoms with E-state index in [0.29, 0.717) is 18.3 Å². The highest BCUT2D eigenvalue weighted by molar-refractivity contribution is 6.02. The van der Waals surface area contributed by atoms with Crippen LogP contribution in [0.5, 0.6) is 0 Å². The number of allylic oxidation sites excluding steroid dienone is 5. The van der Waals surface area contributed by atoms with Crippen molar-refractivity contribution < 1.29 is 18.7 Å². The molecule has 1 aromatic rings. The summed E-state index contributed by atoms with van der Waals surface area (Å²) in [6.07, 6.45) is 15.9. The third-order valence-corrected chi connectivity index (χ3v) is 16.5. The van der Waals surface area contributed by atoms with Gasteiger partial charge < -0.3 is 10.1 Å². The zero-order valence-electron chi connectivity index (χ0n) is 34.6. The average Bonchev–Trinajstić information content (AvgIpc) is 3.36. The molecule has 1 aromatic carbocycles. The second-order valence-corrected chi connectivity index (χ2v) is 21.2. The van der Waals surface area contributed by atoms with Crippen molar-refractivity contribution in [2.45, 2.75) is 157 Å². The summed E-state index contributed by atoms with van der Waals surface area (Å²) in [6, 6.07) is 10.5. The fourth-order valence-corrected chi connectivity index (χ4v) is 14.0. The van der Waals surface area contributed by atoms with Gasteiger partial charge in [0, 0.05) is 11.8 Å². The van der Waals surface area contributed by atoms with E-state index < -0.39 is 17.2 Å². The molecule has 1 amide bonds. The van der Waals surface area contributed by atoms with Gasteiger partial charge in [0.25, 0.3) is 0 Å². The van der Waals surface area contributed by atoms with Gasteiger partial charge in [0.2, 0.25) is 0 Å². The molecule has 0 unspecified atom stereocenters. The summed E-state index contributed by atoms with van der Waals surface area (Å²) in [5.74, 6) is 1.74. The van der Waals surface area contributed by atoms with E-state index >= 15 is 0 Å². The number of ether oxygens (including phenoxy) is 1. The first-order chi connectivity index (χ1) is 24.7. The second-order valence-electron chi connectivity index (χ2n) is 21.2. The molecule has 53 heavy (non-hydrogen) atoms.